The van der Waals surface area contributed by atoms with E-state index in [4.69, 9.17) is 4.74 Å². The van der Waals surface area contributed by atoms with E-state index < -0.39 is 0 Å². The predicted octanol–water partition coefficient (Wildman–Crippen LogP) is 5.56. The summed E-state index contributed by atoms with van der Waals surface area (Å²) >= 11 is 4.83. The maximum atomic E-state index is 12.9. The van der Waals surface area contributed by atoms with Gasteiger partial charge in [0.2, 0.25) is 0 Å². The predicted molar refractivity (Wildman–Crippen MR) is 124 cm³/mol. The van der Waals surface area contributed by atoms with E-state index in [1.54, 1.807) is 18.5 Å². The van der Waals surface area contributed by atoms with Gasteiger partial charge in [0.05, 0.1) is 5.56 Å². The van der Waals surface area contributed by atoms with Crippen molar-refractivity contribution < 1.29 is 9.53 Å². The van der Waals surface area contributed by atoms with Crippen molar-refractivity contribution in [1.29, 1.82) is 0 Å². The minimum Gasteiger partial charge on any atom is -0.486 e. The molecule has 6 nitrogen and oxygen atoms in total. The monoisotopic (exact) mass is 494 g/mol. The molecule has 0 spiro atoms. The topological polar surface area (TPSA) is 69.0 Å². The van der Waals surface area contributed by atoms with Crippen molar-refractivity contribution in [1.82, 2.24) is 14.5 Å². The summed E-state index contributed by atoms with van der Waals surface area (Å²) in [6.45, 7) is 0.379. The largest absolute Gasteiger partial charge is 0.486 e. The number of hydrogen-bond acceptors (Lipinski definition) is 5. The molecule has 1 amide bonds. The first-order valence-electron chi connectivity index (χ1n) is 9.47. The first-order chi connectivity index (χ1) is 15.1. The third-order valence-corrected chi connectivity index (χ3v) is 5.94. The average Bonchev–Trinajstić information content (AvgIpc) is 3.20. The summed E-state index contributed by atoms with van der Waals surface area (Å²) in [6, 6.07) is 18.6. The summed E-state index contributed by atoms with van der Waals surface area (Å²) in [7, 11) is 1.92. The second-order valence-electron chi connectivity index (χ2n) is 6.63. The van der Waals surface area contributed by atoms with E-state index in [1.165, 1.54) is 11.8 Å². The molecule has 0 aliphatic heterocycles. The molecule has 0 aliphatic rings. The Morgan fingerprint density at radius 3 is 2.61 bits per heavy atom. The van der Waals surface area contributed by atoms with Crippen LogP contribution in [0.25, 0.3) is 0 Å². The van der Waals surface area contributed by atoms with Crippen molar-refractivity contribution in [2.24, 2.45) is 7.05 Å². The Morgan fingerprint density at radius 2 is 1.90 bits per heavy atom. The highest BCUT2D eigenvalue weighted by Crippen LogP contribution is 2.30. The van der Waals surface area contributed by atoms with Crippen LogP contribution in [0, 0.1) is 0 Å². The number of nitrogens with zero attached hydrogens (tertiary/aromatic N) is 3. The number of aromatic nitrogens is 3. The van der Waals surface area contributed by atoms with Crippen LogP contribution in [0.2, 0.25) is 0 Å². The highest BCUT2D eigenvalue weighted by atomic mass is 79.9. The summed E-state index contributed by atoms with van der Waals surface area (Å²) in [5.74, 6) is 1.37. The minimum atomic E-state index is -0.179. The molecule has 2 heterocycles. The maximum Gasteiger partial charge on any atom is 0.256 e. The van der Waals surface area contributed by atoms with Gasteiger partial charge in [-0.25, -0.2) is 9.97 Å². The lowest BCUT2D eigenvalue weighted by Gasteiger charge is -2.11. The number of imidazole rings is 1. The zero-order valence-electron chi connectivity index (χ0n) is 16.7. The van der Waals surface area contributed by atoms with Crippen LogP contribution in [0.3, 0.4) is 0 Å². The number of amides is 1. The van der Waals surface area contributed by atoms with Gasteiger partial charge in [-0.15, -0.1) is 0 Å². The number of benzene rings is 2. The third kappa shape index (κ3) is 5.53. The number of pyridine rings is 1. The Kier molecular flexibility index (Phi) is 6.69. The molecule has 0 saturated carbocycles. The van der Waals surface area contributed by atoms with Crippen LogP contribution in [-0.2, 0) is 13.7 Å². The number of carbonyl (C=O) groups excluding carboxylic acids is 1. The van der Waals surface area contributed by atoms with Gasteiger partial charge in [-0.1, -0.05) is 23.9 Å². The number of halogens is 1. The molecule has 2 aromatic carbocycles. The zero-order valence-corrected chi connectivity index (χ0v) is 19.1. The number of ether oxygens (including phenoxy) is 1. The van der Waals surface area contributed by atoms with Crippen molar-refractivity contribution in [3.8, 4) is 5.75 Å². The Morgan fingerprint density at radius 1 is 1.10 bits per heavy atom. The Balaban J connectivity index is 1.41. The fourth-order valence-electron chi connectivity index (χ4n) is 2.79. The van der Waals surface area contributed by atoms with E-state index in [0.717, 1.165) is 20.2 Å². The molecule has 0 radical (unpaired) electrons. The molecule has 1 N–H and O–H groups in total. The molecular formula is C23H19BrN4O2S. The first kappa shape index (κ1) is 21.1. The van der Waals surface area contributed by atoms with Gasteiger partial charge >= 0.3 is 0 Å². The molecule has 0 atom stereocenters. The SMILES string of the molecule is Cn1ccnc1COc1ccc(NC(=O)c2ccccc2Sc2ccc(Br)cn2)cc1. The molecule has 0 fully saturated rings. The van der Waals surface area contributed by atoms with Crippen LogP contribution >= 0.6 is 27.7 Å². The highest BCUT2D eigenvalue weighted by molar-refractivity contribution is 9.10. The van der Waals surface area contributed by atoms with Gasteiger partial charge in [-0.3, -0.25) is 4.79 Å². The molecule has 4 rings (SSSR count). The molecule has 0 saturated heterocycles. The zero-order chi connectivity index (χ0) is 21.6. The summed E-state index contributed by atoms with van der Waals surface area (Å²) in [5.41, 5.74) is 1.28. The lowest BCUT2D eigenvalue weighted by atomic mass is 10.2. The second-order valence-corrected chi connectivity index (χ2v) is 8.61. The van der Waals surface area contributed by atoms with Crippen molar-refractivity contribution in [3.05, 3.63) is 95.1 Å². The fraction of sp³-hybridized carbons (Fsp3) is 0.0870. The fourth-order valence-corrected chi connectivity index (χ4v) is 3.91. The van der Waals surface area contributed by atoms with Crippen LogP contribution in [0.1, 0.15) is 16.2 Å². The van der Waals surface area contributed by atoms with Crippen LogP contribution in [0.5, 0.6) is 5.75 Å². The number of nitrogens with one attached hydrogen (secondary N) is 1. The molecular weight excluding hydrogens is 476 g/mol. The van der Waals surface area contributed by atoms with Gasteiger partial charge in [0.25, 0.3) is 5.91 Å². The summed E-state index contributed by atoms with van der Waals surface area (Å²) in [4.78, 5) is 22.3. The third-order valence-electron chi connectivity index (χ3n) is 4.45. The van der Waals surface area contributed by atoms with Crippen molar-refractivity contribution >= 4 is 39.3 Å². The molecule has 4 aromatic rings. The molecule has 0 bridgehead atoms. The van der Waals surface area contributed by atoms with E-state index in [2.05, 4.69) is 31.2 Å². The van der Waals surface area contributed by atoms with E-state index in [9.17, 15) is 4.79 Å². The lowest BCUT2D eigenvalue weighted by Crippen LogP contribution is -2.13. The minimum absolute atomic E-state index is 0.179. The number of rotatable bonds is 7. The average molecular weight is 495 g/mol. The molecule has 2 aromatic heterocycles. The summed E-state index contributed by atoms with van der Waals surface area (Å²) in [5, 5.41) is 3.76. The maximum absolute atomic E-state index is 12.9. The van der Waals surface area contributed by atoms with Gasteiger partial charge < -0.3 is 14.6 Å². The molecule has 156 valence electrons. The van der Waals surface area contributed by atoms with E-state index in [0.29, 0.717) is 23.6 Å². The Bertz CT molecular complexity index is 1180. The molecule has 8 heteroatoms. The summed E-state index contributed by atoms with van der Waals surface area (Å²) < 4.78 is 8.58. The second kappa shape index (κ2) is 9.80. The molecule has 0 aliphatic carbocycles. The van der Waals surface area contributed by atoms with Crippen molar-refractivity contribution in [3.63, 3.8) is 0 Å². The van der Waals surface area contributed by atoms with Gasteiger partial charge in [0.1, 0.15) is 23.2 Å². The van der Waals surface area contributed by atoms with Crippen LogP contribution in [0.4, 0.5) is 5.69 Å². The standard InChI is InChI=1S/C23H19BrN4O2S/c1-28-13-12-25-21(28)15-30-18-9-7-17(8-10-18)27-23(29)19-4-2-3-5-20(19)31-22-11-6-16(24)14-26-22/h2-14H,15H2,1H3,(H,27,29). The Hall–Kier alpha value is -3.10. The van der Waals surface area contributed by atoms with Gasteiger partial charge in [-0.05, 0) is 64.5 Å². The summed E-state index contributed by atoms with van der Waals surface area (Å²) in [6.07, 6.45) is 5.35. The lowest BCUT2D eigenvalue weighted by molar-refractivity contribution is 0.102. The molecule has 0 unspecified atom stereocenters. The van der Waals surface area contributed by atoms with Crippen LogP contribution < -0.4 is 10.1 Å². The van der Waals surface area contributed by atoms with E-state index in [1.807, 2.05) is 72.4 Å². The van der Waals surface area contributed by atoms with Gasteiger partial charge in [0.15, 0.2) is 0 Å². The number of anilines is 1. The van der Waals surface area contributed by atoms with Crippen molar-refractivity contribution in [2.75, 3.05) is 5.32 Å². The van der Waals surface area contributed by atoms with E-state index >= 15 is 0 Å². The van der Waals surface area contributed by atoms with Crippen molar-refractivity contribution in [2.45, 2.75) is 16.5 Å². The van der Waals surface area contributed by atoms with E-state index in [-0.39, 0.29) is 5.91 Å². The normalized spacial score (nSPS) is 10.6. The smallest absolute Gasteiger partial charge is 0.256 e. The van der Waals surface area contributed by atoms with Crippen LogP contribution in [0.15, 0.2) is 93.6 Å². The quantitative estimate of drug-likeness (QED) is 0.364. The molecule has 31 heavy (non-hydrogen) atoms. The highest BCUT2D eigenvalue weighted by Gasteiger charge is 2.13. The van der Waals surface area contributed by atoms with Gasteiger partial charge in [-0.2, -0.15) is 0 Å². The van der Waals surface area contributed by atoms with Gasteiger partial charge in [0, 0.05) is 40.7 Å². The Labute approximate surface area is 192 Å². The number of hydrogen-bond donors (Lipinski definition) is 1. The first-order valence-corrected chi connectivity index (χ1v) is 11.1. The number of carbonyl (C=O) groups is 1. The number of aryl methyl sites for hydroxylation is 1. The van der Waals surface area contributed by atoms with Crippen LogP contribution in [-0.4, -0.2) is 20.4 Å².